The van der Waals surface area contributed by atoms with Gasteiger partial charge >= 0.3 is 0 Å². The van der Waals surface area contributed by atoms with E-state index in [1.807, 2.05) is 43.3 Å². The highest BCUT2D eigenvalue weighted by Gasteiger charge is 2.09. The van der Waals surface area contributed by atoms with Gasteiger partial charge in [0.05, 0.1) is 6.61 Å². The number of ether oxygens (including phenoxy) is 1. The highest BCUT2D eigenvalue weighted by atomic mass is 35.5. The molecule has 0 aliphatic rings. The molecule has 0 fully saturated rings. The van der Waals surface area contributed by atoms with Crippen molar-refractivity contribution in [2.45, 2.75) is 26.4 Å². The third kappa shape index (κ3) is 4.13. The molecule has 4 heteroatoms. The first-order valence-corrected chi connectivity index (χ1v) is 7.42. The molecule has 0 bridgehead atoms. The number of benzene rings is 2. The van der Waals surface area contributed by atoms with Crippen LogP contribution in [0, 0.1) is 0 Å². The molecule has 112 valence electrons. The molecule has 2 N–H and O–H groups in total. The quantitative estimate of drug-likeness (QED) is 0.836. The van der Waals surface area contributed by atoms with Gasteiger partial charge in [-0.2, -0.15) is 0 Å². The van der Waals surface area contributed by atoms with Gasteiger partial charge in [0.15, 0.2) is 11.5 Å². The van der Waals surface area contributed by atoms with E-state index in [-0.39, 0.29) is 11.8 Å². The summed E-state index contributed by atoms with van der Waals surface area (Å²) < 4.78 is 5.39. The molecule has 0 radical (unpaired) electrons. The molecule has 3 nitrogen and oxygen atoms in total. The Balaban J connectivity index is 2.03. The number of phenolic OH excluding ortho intramolecular Hbond substituents is 1. The van der Waals surface area contributed by atoms with E-state index in [4.69, 9.17) is 16.3 Å². The minimum absolute atomic E-state index is 0.142. The topological polar surface area (TPSA) is 41.5 Å². The first-order chi connectivity index (χ1) is 10.1. The van der Waals surface area contributed by atoms with Crippen LogP contribution in [-0.4, -0.2) is 11.7 Å². The Morgan fingerprint density at radius 3 is 2.71 bits per heavy atom. The van der Waals surface area contributed by atoms with Crippen LogP contribution in [0.5, 0.6) is 11.5 Å². The summed E-state index contributed by atoms with van der Waals surface area (Å²) >= 11 is 6.20. The second-order valence-corrected chi connectivity index (χ2v) is 5.27. The molecule has 2 rings (SSSR count). The number of rotatable bonds is 6. The van der Waals surface area contributed by atoms with Crippen molar-refractivity contribution < 1.29 is 9.84 Å². The molecule has 0 saturated carbocycles. The van der Waals surface area contributed by atoms with Crippen LogP contribution in [0.2, 0.25) is 5.02 Å². The minimum Gasteiger partial charge on any atom is -0.504 e. The van der Waals surface area contributed by atoms with E-state index >= 15 is 0 Å². The Bertz CT molecular complexity index is 601. The van der Waals surface area contributed by atoms with Crippen molar-refractivity contribution in [2.75, 3.05) is 6.61 Å². The molecular weight excluding hydrogens is 286 g/mol. The Morgan fingerprint density at radius 2 is 2.00 bits per heavy atom. The highest BCUT2D eigenvalue weighted by Crippen LogP contribution is 2.27. The van der Waals surface area contributed by atoms with Crippen molar-refractivity contribution >= 4 is 11.6 Å². The molecule has 0 unspecified atom stereocenters. The average molecular weight is 306 g/mol. The summed E-state index contributed by atoms with van der Waals surface area (Å²) in [5, 5.41) is 13.9. The number of hydrogen-bond donors (Lipinski definition) is 2. The second kappa shape index (κ2) is 7.34. The SMILES string of the molecule is CCOc1cc(CN[C@@H](C)c2ccccc2Cl)ccc1O. The van der Waals surface area contributed by atoms with Crippen molar-refractivity contribution in [3.05, 3.63) is 58.6 Å². The fourth-order valence-electron chi connectivity index (χ4n) is 2.15. The Kier molecular flexibility index (Phi) is 5.48. The fourth-order valence-corrected chi connectivity index (χ4v) is 2.45. The molecular formula is C17H20ClNO2. The van der Waals surface area contributed by atoms with Crippen LogP contribution >= 0.6 is 11.6 Å². The fraction of sp³-hybridized carbons (Fsp3) is 0.294. The normalized spacial score (nSPS) is 12.1. The van der Waals surface area contributed by atoms with Gasteiger partial charge in [0.1, 0.15) is 0 Å². The monoisotopic (exact) mass is 305 g/mol. The average Bonchev–Trinajstić information content (AvgIpc) is 2.48. The number of phenols is 1. The van der Waals surface area contributed by atoms with E-state index in [0.29, 0.717) is 18.9 Å². The van der Waals surface area contributed by atoms with Crippen LogP contribution < -0.4 is 10.1 Å². The number of halogens is 1. The lowest BCUT2D eigenvalue weighted by molar-refractivity contribution is 0.317. The summed E-state index contributed by atoms with van der Waals surface area (Å²) in [6.07, 6.45) is 0. The molecule has 0 aliphatic carbocycles. The first kappa shape index (κ1) is 15.7. The Morgan fingerprint density at radius 1 is 1.24 bits per heavy atom. The third-order valence-electron chi connectivity index (χ3n) is 3.31. The lowest BCUT2D eigenvalue weighted by Crippen LogP contribution is -2.18. The van der Waals surface area contributed by atoms with Crippen molar-refractivity contribution in [2.24, 2.45) is 0 Å². The van der Waals surface area contributed by atoms with Crippen LogP contribution in [-0.2, 0) is 6.54 Å². The summed E-state index contributed by atoms with van der Waals surface area (Å²) in [7, 11) is 0. The van der Waals surface area contributed by atoms with E-state index < -0.39 is 0 Å². The van der Waals surface area contributed by atoms with Gasteiger partial charge in [-0.25, -0.2) is 0 Å². The van der Waals surface area contributed by atoms with Gasteiger partial charge in [-0.3, -0.25) is 0 Å². The van der Waals surface area contributed by atoms with Gasteiger partial charge in [-0.15, -0.1) is 0 Å². The van der Waals surface area contributed by atoms with Gasteiger partial charge < -0.3 is 15.2 Å². The molecule has 0 aromatic heterocycles. The highest BCUT2D eigenvalue weighted by molar-refractivity contribution is 6.31. The molecule has 21 heavy (non-hydrogen) atoms. The molecule has 1 atom stereocenters. The van der Waals surface area contributed by atoms with Crippen LogP contribution in [0.3, 0.4) is 0 Å². The summed E-state index contributed by atoms with van der Waals surface area (Å²) in [5.74, 6) is 0.682. The Labute approximate surface area is 130 Å². The van der Waals surface area contributed by atoms with Gasteiger partial charge in [-0.05, 0) is 43.2 Å². The molecule has 0 heterocycles. The van der Waals surface area contributed by atoms with Crippen LogP contribution in [0.4, 0.5) is 0 Å². The summed E-state index contributed by atoms with van der Waals surface area (Å²) in [4.78, 5) is 0. The minimum atomic E-state index is 0.142. The smallest absolute Gasteiger partial charge is 0.161 e. The third-order valence-corrected chi connectivity index (χ3v) is 3.65. The maximum absolute atomic E-state index is 9.70. The lowest BCUT2D eigenvalue weighted by Gasteiger charge is -2.16. The summed E-state index contributed by atoms with van der Waals surface area (Å²) in [6, 6.07) is 13.3. The van der Waals surface area contributed by atoms with Crippen molar-refractivity contribution in [1.29, 1.82) is 0 Å². The van der Waals surface area contributed by atoms with Crippen LogP contribution in [0.25, 0.3) is 0 Å². The second-order valence-electron chi connectivity index (χ2n) is 4.86. The zero-order valence-corrected chi connectivity index (χ0v) is 13.0. The van der Waals surface area contributed by atoms with E-state index in [1.54, 1.807) is 6.07 Å². The van der Waals surface area contributed by atoms with E-state index in [1.165, 1.54) is 0 Å². The number of nitrogens with one attached hydrogen (secondary N) is 1. The standard InChI is InChI=1S/C17H20ClNO2/c1-3-21-17-10-13(8-9-16(17)20)11-19-12(2)14-6-4-5-7-15(14)18/h4-10,12,19-20H,3,11H2,1-2H3/t12-/m0/s1. The summed E-state index contributed by atoms with van der Waals surface area (Å²) in [5.41, 5.74) is 2.12. The lowest BCUT2D eigenvalue weighted by atomic mass is 10.1. The van der Waals surface area contributed by atoms with Gasteiger partial charge in [-0.1, -0.05) is 35.9 Å². The molecule has 0 saturated heterocycles. The molecule has 0 aliphatic heterocycles. The Hall–Kier alpha value is -1.71. The van der Waals surface area contributed by atoms with Crippen molar-refractivity contribution in [3.63, 3.8) is 0 Å². The molecule has 0 amide bonds. The predicted molar refractivity (Wildman–Crippen MR) is 86.0 cm³/mol. The van der Waals surface area contributed by atoms with Gasteiger partial charge in [0.2, 0.25) is 0 Å². The zero-order chi connectivity index (χ0) is 15.2. The van der Waals surface area contributed by atoms with Crippen LogP contribution in [0.15, 0.2) is 42.5 Å². The number of hydrogen-bond acceptors (Lipinski definition) is 3. The predicted octanol–water partition coefficient (Wildman–Crippen LogP) is 4.30. The summed E-state index contributed by atoms with van der Waals surface area (Å²) in [6.45, 7) is 5.17. The maximum Gasteiger partial charge on any atom is 0.161 e. The van der Waals surface area contributed by atoms with Gasteiger partial charge in [0, 0.05) is 17.6 Å². The van der Waals surface area contributed by atoms with Crippen molar-refractivity contribution in [3.8, 4) is 11.5 Å². The molecule has 2 aromatic carbocycles. The zero-order valence-electron chi connectivity index (χ0n) is 12.3. The van der Waals surface area contributed by atoms with E-state index in [2.05, 4.69) is 12.2 Å². The maximum atomic E-state index is 9.70. The molecule has 2 aromatic rings. The van der Waals surface area contributed by atoms with Crippen LogP contribution in [0.1, 0.15) is 31.0 Å². The van der Waals surface area contributed by atoms with Crippen molar-refractivity contribution in [1.82, 2.24) is 5.32 Å². The first-order valence-electron chi connectivity index (χ1n) is 7.04. The largest absolute Gasteiger partial charge is 0.504 e. The van der Waals surface area contributed by atoms with E-state index in [9.17, 15) is 5.11 Å². The number of aromatic hydroxyl groups is 1. The van der Waals surface area contributed by atoms with Gasteiger partial charge in [0.25, 0.3) is 0 Å². The van der Waals surface area contributed by atoms with E-state index in [0.717, 1.165) is 16.1 Å². The molecule has 0 spiro atoms.